The molecule has 1 aromatic carbocycles. The van der Waals surface area contributed by atoms with Crippen LogP contribution in [0.3, 0.4) is 0 Å². The normalized spacial score (nSPS) is 14.7. The number of benzene rings is 1. The molecule has 0 fully saturated rings. The number of fused-ring (bicyclic) bond motifs is 1. The molecule has 0 bridgehead atoms. The molecule has 2 heterocycles. The van der Waals surface area contributed by atoms with Crippen molar-refractivity contribution in [2.75, 3.05) is 6.54 Å². The first-order chi connectivity index (χ1) is 8.27. The maximum atomic E-state index is 6.24. The van der Waals surface area contributed by atoms with Crippen molar-refractivity contribution in [3.63, 3.8) is 0 Å². The summed E-state index contributed by atoms with van der Waals surface area (Å²) in [5.74, 6) is 0. The predicted octanol–water partition coefficient (Wildman–Crippen LogP) is 2.96. The van der Waals surface area contributed by atoms with Crippen LogP contribution in [0.15, 0.2) is 24.4 Å². The second-order valence-electron chi connectivity index (χ2n) is 4.01. The number of nitrogens with one attached hydrogen (secondary N) is 1. The summed E-state index contributed by atoms with van der Waals surface area (Å²) in [6.07, 6.45) is 1.86. The van der Waals surface area contributed by atoms with Gasteiger partial charge in [0.25, 0.3) is 0 Å². The minimum Gasteiger partial charge on any atom is -0.309 e. The molecule has 0 amide bonds. The van der Waals surface area contributed by atoms with Crippen molar-refractivity contribution in [1.82, 2.24) is 15.1 Å². The van der Waals surface area contributed by atoms with Crippen molar-refractivity contribution in [2.24, 2.45) is 0 Å². The quantitative estimate of drug-likeness (QED) is 0.861. The number of hydrogen-bond acceptors (Lipinski definition) is 2. The van der Waals surface area contributed by atoms with E-state index in [1.807, 2.05) is 23.0 Å². The molecule has 5 heteroatoms. The van der Waals surface area contributed by atoms with Gasteiger partial charge in [0.1, 0.15) is 0 Å². The highest BCUT2D eigenvalue weighted by atomic mass is 35.5. The van der Waals surface area contributed by atoms with Crippen molar-refractivity contribution < 1.29 is 0 Å². The third-order valence-electron chi connectivity index (χ3n) is 2.98. The molecule has 88 valence electrons. The lowest BCUT2D eigenvalue weighted by molar-refractivity contribution is 0.476. The van der Waals surface area contributed by atoms with E-state index in [9.17, 15) is 0 Å². The summed E-state index contributed by atoms with van der Waals surface area (Å²) in [7, 11) is 0. The summed E-state index contributed by atoms with van der Waals surface area (Å²) >= 11 is 12.3. The smallest absolute Gasteiger partial charge is 0.0671 e. The molecule has 1 aliphatic rings. The second kappa shape index (κ2) is 4.33. The van der Waals surface area contributed by atoms with Crippen molar-refractivity contribution in [3.8, 4) is 11.1 Å². The standard InChI is InChI=1S/C12H11Cl2N3/c13-10-3-1-2-8(12(10)14)9-6-16-17-5-4-15-7-11(9)17/h1-3,6,15H,4-5,7H2. The highest BCUT2D eigenvalue weighted by Gasteiger charge is 2.17. The molecule has 0 saturated carbocycles. The molecule has 17 heavy (non-hydrogen) atoms. The van der Waals surface area contributed by atoms with Gasteiger partial charge in [-0.3, -0.25) is 4.68 Å². The largest absolute Gasteiger partial charge is 0.309 e. The lowest BCUT2D eigenvalue weighted by atomic mass is 10.1. The number of aromatic nitrogens is 2. The van der Waals surface area contributed by atoms with Gasteiger partial charge in [-0.15, -0.1) is 0 Å². The summed E-state index contributed by atoms with van der Waals surface area (Å²) < 4.78 is 2.02. The molecule has 3 nitrogen and oxygen atoms in total. The summed E-state index contributed by atoms with van der Waals surface area (Å²) in [4.78, 5) is 0. The van der Waals surface area contributed by atoms with Gasteiger partial charge in [-0.05, 0) is 6.07 Å². The maximum absolute atomic E-state index is 6.24. The SMILES string of the molecule is Clc1cccc(-c2cnn3c2CNCC3)c1Cl. The fourth-order valence-electron chi connectivity index (χ4n) is 2.12. The van der Waals surface area contributed by atoms with Crippen LogP contribution < -0.4 is 5.32 Å². The average Bonchev–Trinajstić information content (AvgIpc) is 2.77. The van der Waals surface area contributed by atoms with Crippen LogP contribution in [0.1, 0.15) is 5.69 Å². The van der Waals surface area contributed by atoms with E-state index < -0.39 is 0 Å². The van der Waals surface area contributed by atoms with Crippen LogP contribution in [0, 0.1) is 0 Å². The molecule has 3 rings (SSSR count). The van der Waals surface area contributed by atoms with E-state index in [4.69, 9.17) is 23.2 Å². The van der Waals surface area contributed by atoms with Gasteiger partial charge in [-0.1, -0.05) is 35.3 Å². The van der Waals surface area contributed by atoms with Crippen molar-refractivity contribution >= 4 is 23.2 Å². The lowest BCUT2D eigenvalue weighted by Crippen LogP contribution is -2.28. The van der Waals surface area contributed by atoms with Gasteiger partial charge in [0.05, 0.1) is 28.5 Å². The Balaban J connectivity index is 2.15. The summed E-state index contributed by atoms with van der Waals surface area (Å²) in [5.41, 5.74) is 3.18. The van der Waals surface area contributed by atoms with E-state index in [1.165, 1.54) is 5.69 Å². The van der Waals surface area contributed by atoms with Gasteiger partial charge in [-0.25, -0.2) is 0 Å². The second-order valence-corrected chi connectivity index (χ2v) is 4.79. The number of rotatable bonds is 1. The maximum Gasteiger partial charge on any atom is 0.0671 e. The molecular weight excluding hydrogens is 257 g/mol. The highest BCUT2D eigenvalue weighted by molar-refractivity contribution is 6.43. The molecule has 1 aromatic heterocycles. The van der Waals surface area contributed by atoms with Gasteiger partial charge in [0, 0.05) is 24.2 Å². The number of halogens is 2. The fourth-order valence-corrected chi connectivity index (χ4v) is 2.52. The predicted molar refractivity (Wildman–Crippen MR) is 69.4 cm³/mol. The van der Waals surface area contributed by atoms with Crippen LogP contribution in [-0.4, -0.2) is 16.3 Å². The van der Waals surface area contributed by atoms with Crippen molar-refractivity contribution in [3.05, 3.63) is 40.1 Å². The zero-order valence-electron chi connectivity index (χ0n) is 9.08. The Morgan fingerprint density at radius 2 is 2.12 bits per heavy atom. The molecule has 1 N–H and O–H groups in total. The molecule has 0 unspecified atom stereocenters. The van der Waals surface area contributed by atoms with Gasteiger partial charge < -0.3 is 5.32 Å². The Labute approximate surface area is 109 Å². The van der Waals surface area contributed by atoms with E-state index in [1.54, 1.807) is 6.07 Å². The molecule has 1 aliphatic heterocycles. The molecule has 0 saturated heterocycles. The molecule has 0 atom stereocenters. The van der Waals surface area contributed by atoms with Crippen LogP contribution in [0.25, 0.3) is 11.1 Å². The van der Waals surface area contributed by atoms with Gasteiger partial charge in [0.2, 0.25) is 0 Å². The zero-order chi connectivity index (χ0) is 11.8. The van der Waals surface area contributed by atoms with Crippen molar-refractivity contribution in [2.45, 2.75) is 13.1 Å². The Hall–Kier alpha value is -1.03. The van der Waals surface area contributed by atoms with Crippen molar-refractivity contribution in [1.29, 1.82) is 0 Å². The minimum atomic E-state index is 0.577. The van der Waals surface area contributed by atoms with E-state index in [-0.39, 0.29) is 0 Å². The summed E-state index contributed by atoms with van der Waals surface area (Å²) in [5, 5.41) is 8.88. The Morgan fingerprint density at radius 1 is 1.24 bits per heavy atom. The van der Waals surface area contributed by atoms with E-state index in [0.717, 1.165) is 30.8 Å². The van der Waals surface area contributed by atoms with Crippen LogP contribution in [0.5, 0.6) is 0 Å². The molecule has 0 radical (unpaired) electrons. The topological polar surface area (TPSA) is 29.9 Å². The van der Waals surface area contributed by atoms with Crippen LogP contribution in [0.4, 0.5) is 0 Å². The lowest BCUT2D eigenvalue weighted by Gasteiger charge is -2.16. The van der Waals surface area contributed by atoms with E-state index in [0.29, 0.717) is 10.0 Å². The molecule has 2 aromatic rings. The van der Waals surface area contributed by atoms with Crippen LogP contribution in [-0.2, 0) is 13.1 Å². The first-order valence-electron chi connectivity index (χ1n) is 5.47. The fraction of sp³-hybridized carbons (Fsp3) is 0.250. The van der Waals surface area contributed by atoms with Gasteiger partial charge >= 0.3 is 0 Å². The van der Waals surface area contributed by atoms with E-state index in [2.05, 4.69) is 10.4 Å². The summed E-state index contributed by atoms with van der Waals surface area (Å²) in [6.45, 7) is 2.67. The number of hydrogen-bond donors (Lipinski definition) is 1. The summed E-state index contributed by atoms with van der Waals surface area (Å²) in [6, 6.07) is 5.67. The Morgan fingerprint density at radius 3 is 3.00 bits per heavy atom. The van der Waals surface area contributed by atoms with Crippen LogP contribution in [0.2, 0.25) is 10.0 Å². The Kier molecular flexibility index (Phi) is 2.82. The Bertz CT molecular complexity index is 563. The first-order valence-corrected chi connectivity index (χ1v) is 6.23. The van der Waals surface area contributed by atoms with E-state index >= 15 is 0 Å². The third kappa shape index (κ3) is 1.84. The zero-order valence-corrected chi connectivity index (χ0v) is 10.6. The molecule has 0 spiro atoms. The number of nitrogens with zero attached hydrogens (tertiary/aromatic N) is 2. The first kappa shape index (κ1) is 11.1. The monoisotopic (exact) mass is 267 g/mol. The minimum absolute atomic E-state index is 0.577. The van der Waals surface area contributed by atoms with Gasteiger partial charge in [-0.2, -0.15) is 5.10 Å². The third-order valence-corrected chi connectivity index (χ3v) is 3.80. The van der Waals surface area contributed by atoms with Gasteiger partial charge in [0.15, 0.2) is 0 Å². The average molecular weight is 268 g/mol. The molecular formula is C12H11Cl2N3. The highest BCUT2D eigenvalue weighted by Crippen LogP contribution is 2.35. The van der Waals surface area contributed by atoms with Crippen LogP contribution >= 0.6 is 23.2 Å². The molecule has 0 aliphatic carbocycles.